The number of carboxylic acid groups (broad SMARTS) is 1. The van der Waals surface area contributed by atoms with Crippen LogP contribution in [0.5, 0.6) is 0 Å². The number of carbonyl (C=O) groups is 1. The van der Waals surface area contributed by atoms with E-state index in [0.29, 0.717) is 12.5 Å². The Bertz CT molecular complexity index is 589. The first-order chi connectivity index (χ1) is 9.40. The van der Waals surface area contributed by atoms with Crippen molar-refractivity contribution in [3.05, 3.63) is 18.0 Å². The monoisotopic (exact) mass is 318 g/mol. The molecule has 0 saturated carbocycles. The van der Waals surface area contributed by atoms with E-state index >= 15 is 0 Å². The van der Waals surface area contributed by atoms with Crippen LogP contribution in [0.1, 0.15) is 23.3 Å². The van der Waals surface area contributed by atoms with Crippen molar-refractivity contribution >= 4 is 27.8 Å². The van der Waals surface area contributed by atoms with Gasteiger partial charge in [0, 0.05) is 19.8 Å². The molecule has 0 aliphatic carbocycles. The Morgan fingerprint density at radius 3 is 2.70 bits per heavy atom. The van der Waals surface area contributed by atoms with Crippen LogP contribution in [0.15, 0.2) is 17.2 Å². The third-order valence-electron chi connectivity index (χ3n) is 3.41. The van der Waals surface area contributed by atoms with E-state index in [2.05, 4.69) is 4.72 Å². The van der Waals surface area contributed by atoms with Crippen LogP contribution in [0.25, 0.3) is 0 Å². The van der Waals surface area contributed by atoms with Crippen LogP contribution in [0.4, 0.5) is 0 Å². The fraction of sp³-hybridized carbons (Fsp3) is 0.583. The molecule has 1 aromatic heterocycles. The molecule has 1 aromatic rings. The molecule has 112 valence electrons. The van der Waals surface area contributed by atoms with Gasteiger partial charge in [0.05, 0.1) is 0 Å². The number of nitrogens with one attached hydrogen (secondary N) is 1. The minimum atomic E-state index is -3.64. The van der Waals surface area contributed by atoms with E-state index in [4.69, 9.17) is 5.11 Å². The third-order valence-corrected chi connectivity index (χ3v) is 5.85. The van der Waals surface area contributed by atoms with Crippen LogP contribution in [-0.4, -0.2) is 42.1 Å². The second-order valence-corrected chi connectivity index (χ2v) is 7.88. The van der Waals surface area contributed by atoms with Gasteiger partial charge >= 0.3 is 5.97 Å². The molecule has 0 aromatic carbocycles. The molecule has 0 spiro atoms. The van der Waals surface area contributed by atoms with Gasteiger partial charge in [0.1, 0.15) is 10.6 Å². The fourth-order valence-corrected chi connectivity index (χ4v) is 4.54. The minimum Gasteiger partial charge on any atom is -0.477 e. The van der Waals surface area contributed by atoms with Crippen molar-refractivity contribution in [3.63, 3.8) is 0 Å². The average molecular weight is 318 g/mol. The number of hydrogen-bond donors (Lipinski definition) is 2. The topological polar surface area (TPSA) is 88.4 Å². The Hall–Kier alpha value is -0.990. The molecule has 1 aliphatic heterocycles. The number of thioether (sulfide) groups is 1. The molecule has 0 bridgehead atoms. The molecule has 0 radical (unpaired) electrons. The van der Waals surface area contributed by atoms with Crippen LogP contribution in [0.2, 0.25) is 0 Å². The van der Waals surface area contributed by atoms with E-state index in [-0.39, 0.29) is 10.6 Å². The van der Waals surface area contributed by atoms with Crippen LogP contribution >= 0.6 is 11.8 Å². The zero-order chi connectivity index (χ0) is 14.8. The first-order valence-corrected chi connectivity index (χ1v) is 9.01. The SMILES string of the molecule is Cn1cc(S(=O)(=O)NCC2CCSCC2)cc1C(=O)O. The number of nitrogens with zero attached hydrogens (tertiary/aromatic N) is 1. The second kappa shape index (κ2) is 6.19. The first-order valence-electron chi connectivity index (χ1n) is 6.37. The van der Waals surface area contributed by atoms with E-state index < -0.39 is 16.0 Å². The highest BCUT2D eigenvalue weighted by Gasteiger charge is 2.22. The summed E-state index contributed by atoms with van der Waals surface area (Å²) >= 11 is 1.89. The van der Waals surface area contributed by atoms with E-state index in [1.54, 1.807) is 0 Å². The highest BCUT2D eigenvalue weighted by atomic mass is 32.2. The van der Waals surface area contributed by atoms with Crippen molar-refractivity contribution in [2.75, 3.05) is 18.1 Å². The van der Waals surface area contributed by atoms with Gasteiger partial charge in [0.15, 0.2) is 0 Å². The van der Waals surface area contributed by atoms with Crippen molar-refractivity contribution in [1.29, 1.82) is 0 Å². The number of aryl methyl sites for hydroxylation is 1. The predicted molar refractivity (Wildman–Crippen MR) is 77.6 cm³/mol. The van der Waals surface area contributed by atoms with E-state index in [9.17, 15) is 13.2 Å². The summed E-state index contributed by atoms with van der Waals surface area (Å²) in [6.45, 7) is 0.417. The number of hydrogen-bond acceptors (Lipinski definition) is 4. The number of aromatic carboxylic acids is 1. The quantitative estimate of drug-likeness (QED) is 0.850. The molecular formula is C12H18N2O4S2. The summed E-state index contributed by atoms with van der Waals surface area (Å²) in [5.74, 6) is 1.37. The number of sulfonamides is 1. The number of rotatable bonds is 5. The van der Waals surface area contributed by atoms with Crippen LogP contribution in [-0.2, 0) is 17.1 Å². The standard InChI is InChI=1S/C12H18N2O4S2/c1-14-8-10(6-11(14)12(15)16)20(17,18)13-7-9-2-4-19-5-3-9/h6,8-9,13H,2-5,7H2,1H3,(H,15,16). The normalized spacial score (nSPS) is 17.2. The van der Waals surface area contributed by atoms with Crippen molar-refractivity contribution in [2.24, 2.45) is 13.0 Å². The third kappa shape index (κ3) is 3.56. The summed E-state index contributed by atoms with van der Waals surface area (Å²) in [5, 5.41) is 8.94. The molecular weight excluding hydrogens is 300 g/mol. The molecule has 8 heteroatoms. The van der Waals surface area contributed by atoms with Crippen LogP contribution < -0.4 is 4.72 Å². The molecule has 0 atom stereocenters. The number of carboxylic acids is 1. The first kappa shape index (κ1) is 15.4. The van der Waals surface area contributed by atoms with E-state index in [1.807, 2.05) is 11.8 Å². The van der Waals surface area contributed by atoms with Gasteiger partial charge < -0.3 is 9.67 Å². The lowest BCUT2D eigenvalue weighted by Gasteiger charge is -2.21. The largest absolute Gasteiger partial charge is 0.477 e. The van der Waals surface area contributed by atoms with Gasteiger partial charge in [0.25, 0.3) is 0 Å². The molecule has 1 aliphatic rings. The molecule has 0 amide bonds. The molecule has 2 rings (SSSR count). The van der Waals surface area contributed by atoms with Crippen molar-refractivity contribution < 1.29 is 18.3 Å². The maximum absolute atomic E-state index is 12.1. The molecule has 20 heavy (non-hydrogen) atoms. The maximum Gasteiger partial charge on any atom is 0.352 e. The zero-order valence-electron chi connectivity index (χ0n) is 11.2. The summed E-state index contributed by atoms with van der Waals surface area (Å²) in [7, 11) is -2.12. The Morgan fingerprint density at radius 2 is 2.15 bits per heavy atom. The van der Waals surface area contributed by atoms with Gasteiger partial charge in [-0.1, -0.05) is 0 Å². The maximum atomic E-state index is 12.1. The molecule has 0 unspecified atom stereocenters. The summed E-state index contributed by atoms with van der Waals surface area (Å²) < 4.78 is 28.2. The van der Waals surface area contributed by atoms with E-state index in [0.717, 1.165) is 24.3 Å². The molecule has 2 heterocycles. The number of aromatic nitrogens is 1. The smallest absolute Gasteiger partial charge is 0.352 e. The van der Waals surface area contributed by atoms with Crippen molar-refractivity contribution in [2.45, 2.75) is 17.7 Å². The molecule has 6 nitrogen and oxygen atoms in total. The Kier molecular flexibility index (Phi) is 4.77. The van der Waals surface area contributed by atoms with Gasteiger partial charge in [-0.2, -0.15) is 11.8 Å². The molecule has 2 N–H and O–H groups in total. The van der Waals surface area contributed by atoms with Crippen LogP contribution in [0.3, 0.4) is 0 Å². The summed E-state index contributed by atoms with van der Waals surface area (Å²) in [4.78, 5) is 10.9. The average Bonchev–Trinajstić information content (AvgIpc) is 2.81. The Morgan fingerprint density at radius 1 is 1.50 bits per heavy atom. The Labute approximate surface area is 122 Å². The van der Waals surface area contributed by atoms with Gasteiger partial charge in [-0.25, -0.2) is 17.9 Å². The van der Waals surface area contributed by atoms with Crippen molar-refractivity contribution in [1.82, 2.24) is 9.29 Å². The van der Waals surface area contributed by atoms with Gasteiger partial charge in [-0.15, -0.1) is 0 Å². The summed E-state index contributed by atoms with van der Waals surface area (Å²) in [5.41, 5.74) is -0.0422. The molecule has 1 fully saturated rings. The lowest BCUT2D eigenvalue weighted by atomic mass is 10.0. The van der Waals surface area contributed by atoms with Crippen LogP contribution in [0, 0.1) is 5.92 Å². The highest BCUT2D eigenvalue weighted by Crippen LogP contribution is 2.22. The van der Waals surface area contributed by atoms with E-state index in [1.165, 1.54) is 23.9 Å². The minimum absolute atomic E-state index is 0.00239. The lowest BCUT2D eigenvalue weighted by Crippen LogP contribution is -2.30. The Balaban J connectivity index is 2.06. The predicted octanol–water partition coefficient (Wildman–Crippen LogP) is 1.14. The van der Waals surface area contributed by atoms with Gasteiger partial charge in [-0.3, -0.25) is 0 Å². The fourth-order valence-electron chi connectivity index (χ4n) is 2.16. The summed E-state index contributed by atoms with van der Waals surface area (Å²) in [6.07, 6.45) is 3.35. The zero-order valence-corrected chi connectivity index (χ0v) is 12.8. The highest BCUT2D eigenvalue weighted by molar-refractivity contribution is 7.99. The summed E-state index contributed by atoms with van der Waals surface area (Å²) in [6, 6.07) is 1.18. The second-order valence-electron chi connectivity index (χ2n) is 4.88. The van der Waals surface area contributed by atoms with Gasteiger partial charge in [-0.05, 0) is 36.3 Å². The van der Waals surface area contributed by atoms with Crippen molar-refractivity contribution in [3.8, 4) is 0 Å². The van der Waals surface area contributed by atoms with Gasteiger partial charge in [0.2, 0.25) is 10.0 Å². The lowest BCUT2D eigenvalue weighted by molar-refractivity contribution is 0.0686. The molecule has 1 saturated heterocycles.